The van der Waals surface area contributed by atoms with Crippen LogP contribution in [-0.4, -0.2) is 33.5 Å². The second kappa shape index (κ2) is 8.66. The first-order chi connectivity index (χ1) is 13.1. The van der Waals surface area contributed by atoms with Gasteiger partial charge in [0.05, 0.1) is 17.4 Å². The zero-order chi connectivity index (χ0) is 19.2. The van der Waals surface area contributed by atoms with E-state index >= 15 is 0 Å². The summed E-state index contributed by atoms with van der Waals surface area (Å²) in [5.74, 6) is -1.32. The number of thiophene rings is 1. The molecule has 0 spiro atoms. The summed E-state index contributed by atoms with van der Waals surface area (Å²) in [6.07, 6.45) is 0.200. The normalized spacial score (nSPS) is 11.7. The highest BCUT2D eigenvalue weighted by Crippen LogP contribution is 2.22. The molecule has 0 unspecified atom stereocenters. The highest BCUT2D eigenvalue weighted by molar-refractivity contribution is 7.13. The summed E-state index contributed by atoms with van der Waals surface area (Å²) in [6.45, 7) is 1.31. The average molecular weight is 402 g/mol. The largest absolute Gasteiger partial charge is 0.458 e. The number of ether oxygens (including phenoxy) is 1. The minimum atomic E-state index is -1.03. The number of nitrogens with zero attached hydrogens (tertiary/aromatic N) is 4. The van der Waals surface area contributed by atoms with Gasteiger partial charge >= 0.3 is 5.97 Å². The van der Waals surface area contributed by atoms with Crippen molar-refractivity contribution in [3.63, 3.8) is 0 Å². The van der Waals surface area contributed by atoms with Gasteiger partial charge in [-0.15, -0.1) is 22.7 Å². The molecule has 10 heteroatoms. The molecule has 3 rings (SSSR count). The van der Waals surface area contributed by atoms with Gasteiger partial charge in [0.25, 0.3) is 0 Å². The van der Waals surface area contributed by atoms with Gasteiger partial charge in [-0.1, -0.05) is 11.2 Å². The van der Waals surface area contributed by atoms with Crippen molar-refractivity contribution in [3.05, 3.63) is 39.5 Å². The van der Waals surface area contributed by atoms with E-state index < -0.39 is 24.3 Å². The summed E-state index contributed by atoms with van der Waals surface area (Å²) in [6, 6.07) is 5.65. The maximum Gasteiger partial charge on any atom is 0.306 e. The average Bonchev–Trinajstić information content (AvgIpc) is 3.40. The third-order valence-electron chi connectivity index (χ3n) is 3.46. The molecule has 0 N–H and O–H groups in total. The molecule has 8 nitrogen and oxygen atoms in total. The molecule has 0 aliphatic rings. The van der Waals surface area contributed by atoms with Crippen molar-refractivity contribution < 1.29 is 18.8 Å². The van der Waals surface area contributed by atoms with Crippen LogP contribution in [-0.2, 0) is 20.7 Å². The van der Waals surface area contributed by atoms with Crippen molar-refractivity contribution in [2.24, 2.45) is 0 Å². The van der Waals surface area contributed by atoms with E-state index in [1.165, 1.54) is 22.7 Å². The molecule has 0 saturated heterocycles. The van der Waals surface area contributed by atoms with Crippen molar-refractivity contribution >= 4 is 34.4 Å². The maximum absolute atomic E-state index is 12.1. The van der Waals surface area contributed by atoms with Gasteiger partial charge in [0.15, 0.2) is 18.3 Å². The molecule has 3 heterocycles. The number of carbonyl (C=O) groups is 2. The number of ketones is 1. The molecule has 3 aromatic heterocycles. The first-order valence-corrected chi connectivity index (χ1v) is 9.69. The van der Waals surface area contributed by atoms with E-state index in [4.69, 9.17) is 9.26 Å². The van der Waals surface area contributed by atoms with Gasteiger partial charge in [0, 0.05) is 17.5 Å². The standard InChI is InChI=1S/C17H14N4O4S2/c1-10-9-27-17(19-10)11(7-18)12(22)8-24-15(23)5-4-14-20-16(21-25-14)13-3-2-6-26-13/h2-3,6,9,11H,4-5,8H2,1H3/t11-/m0/s1. The third-order valence-corrected chi connectivity index (χ3v) is 5.36. The van der Waals surface area contributed by atoms with E-state index in [0.29, 0.717) is 16.7 Å². The Bertz CT molecular complexity index is 971. The molecule has 0 amide bonds. The SMILES string of the molecule is Cc1csc([C@@H](C#N)C(=O)COC(=O)CCc2nc(-c3cccs3)no2)n1. The van der Waals surface area contributed by atoms with Gasteiger partial charge in [-0.05, 0) is 18.4 Å². The van der Waals surface area contributed by atoms with Crippen LogP contribution in [0, 0.1) is 18.3 Å². The van der Waals surface area contributed by atoms with Gasteiger partial charge in [0.1, 0.15) is 5.01 Å². The highest BCUT2D eigenvalue weighted by Gasteiger charge is 2.24. The smallest absolute Gasteiger partial charge is 0.306 e. The molecule has 0 aliphatic heterocycles. The van der Waals surface area contributed by atoms with Crippen LogP contribution in [0.25, 0.3) is 10.7 Å². The predicted octanol–water partition coefficient (Wildman–Crippen LogP) is 2.92. The van der Waals surface area contributed by atoms with Crippen molar-refractivity contribution in [1.29, 1.82) is 5.26 Å². The first kappa shape index (κ1) is 18.9. The second-order valence-corrected chi connectivity index (χ2v) is 7.34. The Morgan fingerprint density at radius 1 is 1.37 bits per heavy atom. The Balaban J connectivity index is 1.47. The number of aryl methyl sites for hydroxylation is 2. The molecule has 3 aromatic rings. The molecule has 0 fully saturated rings. The number of esters is 1. The summed E-state index contributed by atoms with van der Waals surface area (Å²) < 4.78 is 10.1. The summed E-state index contributed by atoms with van der Waals surface area (Å²) >= 11 is 2.72. The Kier molecular flexibility index (Phi) is 6.05. The number of rotatable bonds is 8. The summed E-state index contributed by atoms with van der Waals surface area (Å²) in [5, 5.41) is 17.1. The first-order valence-electron chi connectivity index (χ1n) is 7.93. The maximum atomic E-state index is 12.1. The molecular weight excluding hydrogens is 388 g/mol. The van der Waals surface area contributed by atoms with Crippen molar-refractivity contribution in [2.75, 3.05) is 6.61 Å². The molecule has 1 atom stereocenters. The number of hydrogen-bond acceptors (Lipinski definition) is 10. The van der Waals surface area contributed by atoms with Crippen LogP contribution in [0.3, 0.4) is 0 Å². The van der Waals surface area contributed by atoms with E-state index in [1.54, 1.807) is 12.3 Å². The van der Waals surface area contributed by atoms with E-state index in [1.807, 2.05) is 23.6 Å². The predicted molar refractivity (Wildman–Crippen MR) is 97.1 cm³/mol. The Morgan fingerprint density at radius 3 is 2.89 bits per heavy atom. The fourth-order valence-corrected chi connectivity index (χ4v) is 3.66. The lowest BCUT2D eigenvalue weighted by Gasteiger charge is -2.06. The lowest BCUT2D eigenvalue weighted by atomic mass is 10.1. The zero-order valence-corrected chi connectivity index (χ0v) is 15.9. The van der Waals surface area contributed by atoms with Crippen LogP contribution in [0.5, 0.6) is 0 Å². The van der Waals surface area contributed by atoms with Gasteiger partial charge < -0.3 is 9.26 Å². The monoisotopic (exact) mass is 402 g/mol. The number of Topliss-reactive ketones (excluding diaryl/α,β-unsaturated/α-hetero) is 1. The van der Waals surface area contributed by atoms with E-state index in [-0.39, 0.29) is 12.8 Å². The van der Waals surface area contributed by atoms with Crippen LogP contribution in [0.1, 0.15) is 28.9 Å². The van der Waals surface area contributed by atoms with Crippen molar-refractivity contribution in [1.82, 2.24) is 15.1 Å². The number of nitriles is 1. The van der Waals surface area contributed by atoms with Gasteiger partial charge in [-0.2, -0.15) is 10.2 Å². The minimum Gasteiger partial charge on any atom is -0.458 e. The van der Waals surface area contributed by atoms with E-state index in [9.17, 15) is 14.9 Å². The molecule has 27 heavy (non-hydrogen) atoms. The third kappa shape index (κ3) is 4.84. The lowest BCUT2D eigenvalue weighted by Crippen LogP contribution is -2.20. The van der Waals surface area contributed by atoms with E-state index in [2.05, 4.69) is 15.1 Å². The van der Waals surface area contributed by atoms with Gasteiger partial charge in [-0.25, -0.2) is 4.98 Å². The molecule has 0 bridgehead atoms. The van der Waals surface area contributed by atoms with Gasteiger partial charge in [0.2, 0.25) is 11.7 Å². The number of carbonyl (C=O) groups excluding carboxylic acids is 2. The Morgan fingerprint density at radius 2 is 2.22 bits per heavy atom. The molecule has 138 valence electrons. The van der Waals surface area contributed by atoms with Crippen LogP contribution in [0.2, 0.25) is 0 Å². The summed E-state index contributed by atoms with van der Waals surface area (Å²) in [4.78, 5) is 33.2. The second-order valence-electron chi connectivity index (χ2n) is 5.51. The molecule has 0 aliphatic carbocycles. The fraction of sp³-hybridized carbons (Fsp3) is 0.294. The number of thiazole rings is 1. The van der Waals surface area contributed by atoms with Crippen LogP contribution < -0.4 is 0 Å². The van der Waals surface area contributed by atoms with Crippen LogP contribution in [0.15, 0.2) is 27.4 Å². The molecule has 0 saturated carbocycles. The molecule has 0 aromatic carbocycles. The Labute approximate surface area is 162 Å². The van der Waals surface area contributed by atoms with Crippen molar-refractivity contribution in [3.8, 4) is 16.8 Å². The van der Waals surface area contributed by atoms with Crippen LogP contribution >= 0.6 is 22.7 Å². The summed E-state index contributed by atoms with van der Waals surface area (Å²) in [5.41, 5.74) is 0.738. The van der Waals surface area contributed by atoms with Crippen LogP contribution in [0.4, 0.5) is 0 Å². The quantitative estimate of drug-likeness (QED) is 0.528. The molecular formula is C17H14N4O4S2. The summed E-state index contributed by atoms with van der Waals surface area (Å²) in [7, 11) is 0. The fourth-order valence-electron chi connectivity index (χ4n) is 2.15. The molecule has 0 radical (unpaired) electrons. The topological polar surface area (TPSA) is 119 Å². The number of hydrogen-bond donors (Lipinski definition) is 0. The highest BCUT2D eigenvalue weighted by atomic mass is 32.1. The van der Waals surface area contributed by atoms with Crippen molar-refractivity contribution in [2.45, 2.75) is 25.7 Å². The minimum absolute atomic E-state index is 0.00701. The van der Waals surface area contributed by atoms with E-state index in [0.717, 1.165) is 10.6 Å². The number of aromatic nitrogens is 3. The lowest BCUT2D eigenvalue weighted by molar-refractivity contribution is -0.148. The Hall–Kier alpha value is -2.90. The zero-order valence-electron chi connectivity index (χ0n) is 14.2. The van der Waals surface area contributed by atoms with Gasteiger partial charge in [-0.3, -0.25) is 9.59 Å².